The molecule has 0 spiro atoms. The van der Waals surface area contributed by atoms with E-state index in [1.54, 1.807) is 24.3 Å². The molecule has 11 heteroatoms. The molecule has 1 aromatic carbocycles. The monoisotopic (exact) mass is 402 g/mol. The molecule has 3 aromatic heterocycles. The Morgan fingerprint density at radius 3 is 2.93 bits per heavy atom. The summed E-state index contributed by atoms with van der Waals surface area (Å²) in [5, 5.41) is 23.7. The van der Waals surface area contributed by atoms with Gasteiger partial charge in [0.2, 0.25) is 5.88 Å². The van der Waals surface area contributed by atoms with Crippen molar-refractivity contribution in [3.63, 3.8) is 0 Å². The maximum atomic E-state index is 11.4. The van der Waals surface area contributed by atoms with Crippen molar-refractivity contribution < 1.29 is 9.84 Å². The predicted octanol–water partition coefficient (Wildman–Crippen LogP) is 0.121. The Labute approximate surface area is 167 Å². The topological polar surface area (TPSA) is 157 Å². The number of aromatic nitrogens is 6. The Balaban J connectivity index is 1.67. The third-order valence-electron chi connectivity index (χ3n) is 4.41. The first kappa shape index (κ1) is 17.6. The first-order chi connectivity index (χ1) is 14.6. The molecule has 0 aliphatic heterocycles. The average Bonchev–Trinajstić information content (AvgIpc) is 3.37. The number of hydrogen-bond donors (Lipinski definition) is 3. The number of fused-ring (bicyclic) bond motifs is 1. The fourth-order valence-electron chi connectivity index (χ4n) is 2.84. The van der Waals surface area contributed by atoms with Crippen LogP contribution in [0.15, 0.2) is 40.2 Å². The van der Waals surface area contributed by atoms with Gasteiger partial charge < -0.3 is 14.8 Å². The van der Waals surface area contributed by atoms with Crippen molar-refractivity contribution >= 4 is 11.7 Å². The van der Waals surface area contributed by atoms with Crippen LogP contribution in [0.4, 0.5) is 0 Å². The number of H-pyrrole nitrogens is 2. The molecule has 1 aliphatic rings. The molecular formula is C19H14N8O3. The molecule has 4 aromatic rings. The summed E-state index contributed by atoms with van der Waals surface area (Å²) in [5.74, 6) is 0.120. The molecule has 148 valence electrons. The van der Waals surface area contributed by atoms with Crippen LogP contribution in [0.2, 0.25) is 0 Å². The lowest BCUT2D eigenvalue weighted by Crippen LogP contribution is -2.23. The Hall–Kier alpha value is -4.46. The van der Waals surface area contributed by atoms with E-state index in [9.17, 15) is 9.90 Å². The Bertz CT molecular complexity index is 1490. The van der Waals surface area contributed by atoms with Gasteiger partial charge in [0.05, 0.1) is 23.9 Å². The zero-order valence-electron chi connectivity index (χ0n) is 15.4. The normalized spacial score (nSPS) is 14.9. The Morgan fingerprint density at radius 2 is 2.20 bits per heavy atom. The number of nitrogens with zero attached hydrogens (tertiary/aromatic N) is 6. The van der Waals surface area contributed by atoms with Gasteiger partial charge >= 0.3 is 11.7 Å². The molecule has 0 atom stereocenters. The smallest absolute Gasteiger partial charge is 0.327 e. The summed E-state index contributed by atoms with van der Waals surface area (Å²) in [6, 6.07) is 8.91. The molecule has 1 aliphatic carbocycles. The number of benzene rings is 1. The Kier molecular flexibility index (Phi) is 4.03. The molecular weight excluding hydrogens is 388 g/mol. The molecule has 0 saturated heterocycles. The van der Waals surface area contributed by atoms with E-state index in [-0.39, 0.29) is 23.6 Å². The molecule has 3 N–H and O–H groups in total. The SMILES string of the molecule is N#Cc1cccc(Oc2nc(=NC3CC3)n3ncc(=Cc4[nH]c(=O)[nH]c4O)c3n2)c1. The summed E-state index contributed by atoms with van der Waals surface area (Å²) < 4.78 is 7.25. The van der Waals surface area contributed by atoms with Crippen LogP contribution in [-0.4, -0.2) is 40.7 Å². The molecule has 1 saturated carbocycles. The number of rotatable bonds is 4. The highest BCUT2D eigenvalue weighted by Crippen LogP contribution is 2.22. The molecule has 0 bridgehead atoms. The van der Waals surface area contributed by atoms with Gasteiger partial charge in [-0.05, 0) is 37.1 Å². The van der Waals surface area contributed by atoms with Crippen molar-refractivity contribution in [2.75, 3.05) is 0 Å². The predicted molar refractivity (Wildman–Crippen MR) is 102 cm³/mol. The van der Waals surface area contributed by atoms with E-state index in [1.807, 2.05) is 0 Å². The number of imidazole rings is 1. The van der Waals surface area contributed by atoms with Crippen molar-refractivity contribution in [2.45, 2.75) is 18.9 Å². The van der Waals surface area contributed by atoms with Gasteiger partial charge in [0.25, 0.3) is 5.62 Å². The zero-order chi connectivity index (χ0) is 20.7. The van der Waals surface area contributed by atoms with E-state index in [1.165, 1.54) is 16.8 Å². The van der Waals surface area contributed by atoms with Crippen LogP contribution in [0.1, 0.15) is 24.1 Å². The lowest BCUT2D eigenvalue weighted by atomic mass is 10.2. The third-order valence-corrected chi connectivity index (χ3v) is 4.41. The maximum Gasteiger partial charge on any atom is 0.327 e. The maximum absolute atomic E-state index is 11.4. The van der Waals surface area contributed by atoms with Crippen LogP contribution < -0.4 is 21.3 Å². The quantitative estimate of drug-likeness (QED) is 0.437. The molecule has 0 amide bonds. The first-order valence-corrected chi connectivity index (χ1v) is 9.10. The summed E-state index contributed by atoms with van der Waals surface area (Å²) in [4.78, 5) is 29.5. The number of aromatic amines is 2. The molecule has 5 rings (SSSR count). The molecule has 11 nitrogen and oxygen atoms in total. The minimum absolute atomic E-state index is 0.0407. The minimum Gasteiger partial charge on any atom is -0.493 e. The first-order valence-electron chi connectivity index (χ1n) is 9.10. The van der Waals surface area contributed by atoms with Crippen molar-refractivity contribution in [1.29, 1.82) is 5.26 Å². The van der Waals surface area contributed by atoms with E-state index >= 15 is 0 Å². The van der Waals surface area contributed by atoms with Gasteiger partial charge in [0.15, 0.2) is 5.65 Å². The van der Waals surface area contributed by atoms with E-state index in [0.29, 0.717) is 27.8 Å². The molecule has 0 radical (unpaired) electrons. The highest BCUT2D eigenvalue weighted by molar-refractivity contribution is 5.56. The zero-order valence-corrected chi connectivity index (χ0v) is 15.4. The van der Waals surface area contributed by atoms with Gasteiger partial charge in [-0.25, -0.2) is 9.79 Å². The number of hydrogen-bond acceptors (Lipinski definition) is 8. The highest BCUT2D eigenvalue weighted by atomic mass is 16.5. The van der Waals surface area contributed by atoms with Gasteiger partial charge in [-0.2, -0.15) is 24.8 Å². The largest absolute Gasteiger partial charge is 0.493 e. The fourth-order valence-corrected chi connectivity index (χ4v) is 2.84. The number of ether oxygens (including phenoxy) is 1. The van der Waals surface area contributed by atoms with Crippen LogP contribution in [0.3, 0.4) is 0 Å². The number of nitrogens with one attached hydrogen (secondary N) is 2. The van der Waals surface area contributed by atoms with Crippen molar-refractivity contribution in [2.24, 2.45) is 4.99 Å². The highest BCUT2D eigenvalue weighted by Gasteiger charge is 2.21. The summed E-state index contributed by atoms with van der Waals surface area (Å²) in [7, 11) is 0. The fraction of sp³-hybridized carbons (Fsp3) is 0.158. The molecule has 1 fully saturated rings. The summed E-state index contributed by atoms with van der Waals surface area (Å²) in [6.45, 7) is 0. The molecule has 30 heavy (non-hydrogen) atoms. The van der Waals surface area contributed by atoms with Crippen molar-refractivity contribution in [1.82, 2.24) is 29.5 Å². The molecule has 3 heterocycles. The van der Waals surface area contributed by atoms with Crippen LogP contribution in [-0.2, 0) is 0 Å². The van der Waals surface area contributed by atoms with Gasteiger partial charge in [-0.3, -0.25) is 4.98 Å². The summed E-state index contributed by atoms with van der Waals surface area (Å²) in [6.07, 6.45) is 5.01. The summed E-state index contributed by atoms with van der Waals surface area (Å²) in [5.41, 5.74) is 0.827. The van der Waals surface area contributed by atoms with Crippen LogP contribution in [0, 0.1) is 11.3 Å². The molecule has 0 unspecified atom stereocenters. The second-order valence-electron chi connectivity index (χ2n) is 6.73. The van der Waals surface area contributed by atoms with Gasteiger partial charge in [-0.1, -0.05) is 6.07 Å². The average molecular weight is 402 g/mol. The van der Waals surface area contributed by atoms with E-state index < -0.39 is 5.69 Å². The van der Waals surface area contributed by atoms with Crippen LogP contribution >= 0.6 is 0 Å². The number of nitriles is 1. The van der Waals surface area contributed by atoms with E-state index in [2.05, 4.69) is 36.1 Å². The van der Waals surface area contributed by atoms with Crippen LogP contribution in [0.5, 0.6) is 17.6 Å². The Morgan fingerprint density at radius 1 is 1.33 bits per heavy atom. The second-order valence-corrected chi connectivity index (χ2v) is 6.73. The van der Waals surface area contributed by atoms with Crippen LogP contribution in [0.25, 0.3) is 11.7 Å². The lowest BCUT2D eigenvalue weighted by molar-refractivity contribution is 0.435. The minimum atomic E-state index is -0.532. The third kappa shape index (κ3) is 3.37. The second kappa shape index (κ2) is 6.85. The standard InChI is InChI=1S/C19H14N8O3/c20-8-10-2-1-3-13(6-10)30-19-24-15-11(7-14-16(28)25-18(29)23-14)9-21-27(15)17(26-19)22-12-4-5-12/h1-3,6-7,9,12,28H,4-5H2,(H2,23,25,29). The van der Waals surface area contributed by atoms with E-state index in [0.717, 1.165) is 12.8 Å². The lowest BCUT2D eigenvalue weighted by Gasteiger charge is -2.04. The van der Waals surface area contributed by atoms with Crippen molar-refractivity contribution in [3.8, 4) is 23.7 Å². The van der Waals surface area contributed by atoms with Gasteiger partial charge in [0.1, 0.15) is 11.4 Å². The number of aromatic hydroxyl groups is 1. The van der Waals surface area contributed by atoms with Crippen molar-refractivity contribution in [3.05, 3.63) is 63.0 Å². The van der Waals surface area contributed by atoms with E-state index in [4.69, 9.17) is 10.00 Å². The summed E-state index contributed by atoms with van der Waals surface area (Å²) >= 11 is 0. The van der Waals surface area contributed by atoms with Gasteiger partial charge in [-0.15, -0.1) is 0 Å². The van der Waals surface area contributed by atoms with Gasteiger partial charge in [0, 0.05) is 5.22 Å².